The van der Waals surface area contributed by atoms with Crippen molar-refractivity contribution in [2.75, 3.05) is 0 Å². The minimum Gasteiger partial charge on any atom is -0.479 e. The van der Waals surface area contributed by atoms with E-state index in [1.807, 2.05) is 30.3 Å². The Morgan fingerprint density at radius 3 is 2.73 bits per heavy atom. The molecule has 0 unspecified atom stereocenters. The lowest BCUT2D eigenvalue weighted by Crippen LogP contribution is -2.33. The molecule has 0 N–H and O–H groups in total. The van der Waals surface area contributed by atoms with Gasteiger partial charge in [0.1, 0.15) is 11.9 Å². The van der Waals surface area contributed by atoms with E-state index in [1.165, 1.54) is 24.8 Å². The Labute approximate surface area is 132 Å². The minimum absolute atomic E-state index is 0.00729. The molecule has 0 heterocycles. The lowest BCUT2D eigenvalue weighted by molar-refractivity contribution is -0.159. The quantitative estimate of drug-likeness (QED) is 0.619. The average Bonchev–Trinajstić information content (AvgIpc) is 2.85. The van der Waals surface area contributed by atoms with E-state index in [0.717, 1.165) is 12.8 Å². The molecule has 3 heteroatoms. The van der Waals surface area contributed by atoms with Crippen LogP contribution < -0.4 is 4.74 Å². The predicted molar refractivity (Wildman–Crippen MR) is 85.6 cm³/mol. The number of ether oxygens (including phenoxy) is 2. The molecule has 3 rings (SSSR count). The van der Waals surface area contributed by atoms with E-state index in [2.05, 4.69) is 6.58 Å². The summed E-state index contributed by atoms with van der Waals surface area (Å²) >= 11 is 0. The maximum absolute atomic E-state index is 12.3. The molecule has 1 aromatic rings. The van der Waals surface area contributed by atoms with Crippen molar-refractivity contribution < 1.29 is 14.3 Å². The van der Waals surface area contributed by atoms with E-state index in [0.29, 0.717) is 17.6 Å². The maximum atomic E-state index is 12.3. The average molecular weight is 300 g/mol. The summed E-state index contributed by atoms with van der Waals surface area (Å²) in [6.45, 7) is 5.93. The first-order chi connectivity index (χ1) is 10.6. The van der Waals surface area contributed by atoms with E-state index in [1.54, 1.807) is 6.92 Å². The van der Waals surface area contributed by atoms with Crippen molar-refractivity contribution in [2.45, 2.75) is 51.2 Å². The zero-order valence-electron chi connectivity index (χ0n) is 13.2. The standard InChI is InChI=1S/C19H24O3/c1-13-12-18(17-11-7-6-10-16(13)17)22-19(20)14(2)21-15-8-4-3-5-9-15/h3-5,8-9,14,16-18H,1,6-7,10-12H2,2H3/t14-,16-,17-,18-/m1/s1. The Balaban J connectivity index is 1.58. The summed E-state index contributed by atoms with van der Waals surface area (Å²) in [5.41, 5.74) is 1.26. The summed E-state index contributed by atoms with van der Waals surface area (Å²) in [5, 5.41) is 0. The fourth-order valence-electron chi connectivity index (χ4n) is 3.80. The van der Waals surface area contributed by atoms with Crippen LogP contribution in [0.5, 0.6) is 5.75 Å². The van der Waals surface area contributed by atoms with Crippen molar-refractivity contribution in [3.8, 4) is 5.75 Å². The number of carbonyl (C=O) groups excluding carboxylic acids is 1. The molecule has 0 amide bonds. The van der Waals surface area contributed by atoms with Gasteiger partial charge in [0.2, 0.25) is 0 Å². The normalized spacial score (nSPS) is 28.8. The number of rotatable bonds is 4. The van der Waals surface area contributed by atoms with Crippen LogP contribution in [-0.4, -0.2) is 18.2 Å². The molecular formula is C19H24O3. The van der Waals surface area contributed by atoms with E-state index in [9.17, 15) is 4.79 Å². The summed E-state index contributed by atoms with van der Waals surface area (Å²) in [4.78, 5) is 12.3. The summed E-state index contributed by atoms with van der Waals surface area (Å²) in [5.74, 6) is 1.44. The molecule has 118 valence electrons. The Morgan fingerprint density at radius 2 is 1.95 bits per heavy atom. The van der Waals surface area contributed by atoms with Gasteiger partial charge in [0.25, 0.3) is 0 Å². The fourth-order valence-corrected chi connectivity index (χ4v) is 3.80. The summed E-state index contributed by atoms with van der Waals surface area (Å²) in [6, 6.07) is 9.39. The van der Waals surface area contributed by atoms with Crippen LogP contribution >= 0.6 is 0 Å². The van der Waals surface area contributed by atoms with Gasteiger partial charge in [-0.15, -0.1) is 0 Å². The van der Waals surface area contributed by atoms with Gasteiger partial charge in [-0.25, -0.2) is 4.79 Å². The maximum Gasteiger partial charge on any atom is 0.347 e. The summed E-state index contributed by atoms with van der Waals surface area (Å²) < 4.78 is 11.4. The third kappa shape index (κ3) is 3.18. The molecule has 2 saturated carbocycles. The second-order valence-electron chi connectivity index (χ2n) is 6.47. The molecule has 0 spiro atoms. The van der Waals surface area contributed by atoms with Gasteiger partial charge in [-0.2, -0.15) is 0 Å². The van der Waals surface area contributed by atoms with Crippen LogP contribution in [-0.2, 0) is 9.53 Å². The van der Waals surface area contributed by atoms with Crippen molar-refractivity contribution >= 4 is 5.97 Å². The lowest BCUT2D eigenvalue weighted by Gasteiger charge is -2.29. The van der Waals surface area contributed by atoms with Crippen LogP contribution in [0.25, 0.3) is 0 Å². The first-order valence-electron chi connectivity index (χ1n) is 8.25. The van der Waals surface area contributed by atoms with Crippen LogP contribution in [0.3, 0.4) is 0 Å². The molecule has 0 radical (unpaired) electrons. The van der Waals surface area contributed by atoms with E-state index >= 15 is 0 Å². The molecule has 3 nitrogen and oxygen atoms in total. The van der Waals surface area contributed by atoms with Gasteiger partial charge in [0, 0.05) is 12.3 Å². The van der Waals surface area contributed by atoms with E-state index < -0.39 is 6.10 Å². The Morgan fingerprint density at radius 1 is 1.23 bits per heavy atom. The van der Waals surface area contributed by atoms with Crippen molar-refractivity contribution in [3.05, 3.63) is 42.5 Å². The van der Waals surface area contributed by atoms with Crippen molar-refractivity contribution in [1.29, 1.82) is 0 Å². The second kappa shape index (κ2) is 6.55. The van der Waals surface area contributed by atoms with E-state index in [4.69, 9.17) is 9.47 Å². The van der Waals surface area contributed by atoms with Gasteiger partial charge in [-0.3, -0.25) is 0 Å². The van der Waals surface area contributed by atoms with E-state index in [-0.39, 0.29) is 12.1 Å². The molecule has 0 aliphatic heterocycles. The highest BCUT2D eigenvalue weighted by molar-refractivity contribution is 5.75. The monoisotopic (exact) mass is 300 g/mol. The highest BCUT2D eigenvalue weighted by Crippen LogP contribution is 2.46. The molecule has 2 aliphatic rings. The van der Waals surface area contributed by atoms with Crippen LogP contribution in [0.2, 0.25) is 0 Å². The summed E-state index contributed by atoms with van der Waals surface area (Å²) in [7, 11) is 0. The molecule has 22 heavy (non-hydrogen) atoms. The largest absolute Gasteiger partial charge is 0.479 e. The van der Waals surface area contributed by atoms with Gasteiger partial charge >= 0.3 is 5.97 Å². The third-order valence-corrected chi connectivity index (χ3v) is 4.94. The van der Waals surface area contributed by atoms with Crippen LogP contribution in [0.4, 0.5) is 0 Å². The van der Waals surface area contributed by atoms with Crippen LogP contribution in [0.15, 0.2) is 42.5 Å². The van der Waals surface area contributed by atoms with Crippen molar-refractivity contribution in [1.82, 2.24) is 0 Å². The first-order valence-corrected chi connectivity index (χ1v) is 8.25. The highest BCUT2D eigenvalue weighted by Gasteiger charge is 2.42. The molecule has 2 fully saturated rings. The molecule has 2 aliphatic carbocycles. The number of hydrogen-bond acceptors (Lipinski definition) is 3. The number of carbonyl (C=O) groups is 1. The van der Waals surface area contributed by atoms with Crippen molar-refractivity contribution in [3.63, 3.8) is 0 Å². The Kier molecular flexibility index (Phi) is 4.51. The Hall–Kier alpha value is -1.77. The Bertz CT molecular complexity index is 537. The molecule has 0 saturated heterocycles. The SMILES string of the molecule is C=C1C[C@@H](OC(=O)[C@@H](C)Oc2ccccc2)[C@@H]2CCCC[C@H]12. The van der Waals surface area contributed by atoms with Gasteiger partial charge in [0.15, 0.2) is 6.10 Å². The molecule has 0 aromatic heterocycles. The fraction of sp³-hybridized carbons (Fsp3) is 0.526. The second-order valence-corrected chi connectivity index (χ2v) is 6.47. The molecular weight excluding hydrogens is 276 g/mol. The van der Waals surface area contributed by atoms with Gasteiger partial charge in [-0.1, -0.05) is 43.2 Å². The van der Waals surface area contributed by atoms with Crippen LogP contribution in [0.1, 0.15) is 39.0 Å². The van der Waals surface area contributed by atoms with Crippen molar-refractivity contribution in [2.24, 2.45) is 11.8 Å². The predicted octanol–water partition coefficient (Wildman–Crippen LogP) is 4.13. The first kappa shape index (κ1) is 15.1. The molecule has 1 aromatic carbocycles. The van der Waals surface area contributed by atoms with Gasteiger partial charge in [0.05, 0.1) is 0 Å². The number of hydrogen-bond donors (Lipinski definition) is 0. The topological polar surface area (TPSA) is 35.5 Å². The molecule has 4 atom stereocenters. The zero-order chi connectivity index (χ0) is 15.5. The number of esters is 1. The van der Waals surface area contributed by atoms with Crippen LogP contribution in [0, 0.1) is 11.8 Å². The molecule has 0 bridgehead atoms. The van der Waals surface area contributed by atoms with Gasteiger partial charge < -0.3 is 9.47 Å². The highest BCUT2D eigenvalue weighted by atomic mass is 16.6. The minimum atomic E-state index is -0.585. The third-order valence-electron chi connectivity index (χ3n) is 4.94. The van der Waals surface area contributed by atoms with Gasteiger partial charge in [-0.05, 0) is 37.8 Å². The zero-order valence-corrected chi connectivity index (χ0v) is 13.2. The summed E-state index contributed by atoms with van der Waals surface area (Å²) in [6.07, 6.45) is 5.08. The number of fused-ring (bicyclic) bond motifs is 1. The number of para-hydroxylation sites is 1. The smallest absolute Gasteiger partial charge is 0.347 e. The number of benzene rings is 1. The lowest BCUT2D eigenvalue weighted by atomic mass is 9.80.